The third kappa shape index (κ3) is 4.55. The SMILES string of the molecule is C[C@H]1[C@H](C)CCC[C@H]1NC(=O)CCc1cn(Cc2ccccc2)c2ccccc12. The fraction of sp³-hybridized carbons (Fsp3) is 0.423. The molecule has 4 rings (SSSR count). The van der Waals surface area contributed by atoms with Gasteiger partial charge in [0, 0.05) is 36.1 Å². The van der Waals surface area contributed by atoms with Crippen molar-refractivity contribution in [3.63, 3.8) is 0 Å². The summed E-state index contributed by atoms with van der Waals surface area (Å²) in [5.74, 6) is 1.46. The zero-order chi connectivity index (χ0) is 20.2. The predicted molar refractivity (Wildman–Crippen MR) is 120 cm³/mol. The molecule has 1 N–H and O–H groups in total. The third-order valence-corrected chi connectivity index (χ3v) is 6.74. The number of rotatable bonds is 6. The van der Waals surface area contributed by atoms with Crippen molar-refractivity contribution in [1.29, 1.82) is 0 Å². The van der Waals surface area contributed by atoms with Gasteiger partial charge in [-0.2, -0.15) is 0 Å². The number of hydrogen-bond acceptors (Lipinski definition) is 1. The molecule has 3 atom stereocenters. The number of hydrogen-bond donors (Lipinski definition) is 1. The first-order valence-electron chi connectivity index (χ1n) is 11.0. The number of amides is 1. The first-order chi connectivity index (χ1) is 14.1. The Kier molecular flexibility index (Phi) is 6.03. The van der Waals surface area contributed by atoms with Crippen molar-refractivity contribution in [2.24, 2.45) is 11.8 Å². The van der Waals surface area contributed by atoms with E-state index in [1.54, 1.807) is 0 Å². The molecular formula is C26H32N2O. The van der Waals surface area contributed by atoms with Crippen LogP contribution in [0.15, 0.2) is 60.8 Å². The molecule has 29 heavy (non-hydrogen) atoms. The molecule has 0 radical (unpaired) electrons. The topological polar surface area (TPSA) is 34.0 Å². The van der Waals surface area contributed by atoms with E-state index >= 15 is 0 Å². The molecular weight excluding hydrogens is 356 g/mol. The molecule has 1 aliphatic rings. The van der Waals surface area contributed by atoms with Crippen LogP contribution in [0.4, 0.5) is 0 Å². The van der Waals surface area contributed by atoms with Crippen LogP contribution >= 0.6 is 0 Å². The van der Waals surface area contributed by atoms with E-state index in [4.69, 9.17) is 0 Å². The van der Waals surface area contributed by atoms with Gasteiger partial charge in [-0.3, -0.25) is 4.79 Å². The van der Waals surface area contributed by atoms with Crippen LogP contribution in [0.2, 0.25) is 0 Å². The minimum Gasteiger partial charge on any atom is -0.353 e. The number of aryl methyl sites for hydroxylation is 1. The Morgan fingerprint density at radius 2 is 1.79 bits per heavy atom. The Balaban J connectivity index is 1.45. The largest absolute Gasteiger partial charge is 0.353 e. The van der Waals surface area contributed by atoms with E-state index in [0.717, 1.165) is 19.4 Å². The summed E-state index contributed by atoms with van der Waals surface area (Å²) in [6, 6.07) is 19.4. The number of nitrogens with one attached hydrogen (secondary N) is 1. The molecule has 1 amide bonds. The van der Waals surface area contributed by atoms with Gasteiger partial charge in [-0.25, -0.2) is 0 Å². The number of nitrogens with zero attached hydrogens (tertiary/aromatic N) is 1. The lowest BCUT2D eigenvalue weighted by atomic mass is 9.78. The standard InChI is InChI=1S/C26H32N2O/c1-19-9-8-13-24(20(19)2)27-26(29)16-15-22-18-28(17-21-10-4-3-5-11-21)25-14-7-6-12-23(22)25/h3-7,10-12,14,18-20,24H,8-9,13,15-17H2,1-2H3,(H,27,29)/t19-,20+,24-/m1/s1. The lowest BCUT2D eigenvalue weighted by Gasteiger charge is -2.34. The Morgan fingerprint density at radius 3 is 2.62 bits per heavy atom. The van der Waals surface area contributed by atoms with Crippen LogP contribution < -0.4 is 5.32 Å². The fourth-order valence-corrected chi connectivity index (χ4v) is 4.75. The van der Waals surface area contributed by atoms with E-state index in [-0.39, 0.29) is 5.91 Å². The highest BCUT2D eigenvalue weighted by atomic mass is 16.1. The minimum atomic E-state index is 0.191. The first kappa shape index (κ1) is 19.8. The number of benzene rings is 2. The van der Waals surface area contributed by atoms with Crippen molar-refractivity contribution < 1.29 is 4.79 Å². The molecule has 1 fully saturated rings. The second-order valence-electron chi connectivity index (χ2n) is 8.73. The number of carbonyl (C=O) groups is 1. The first-order valence-corrected chi connectivity index (χ1v) is 11.0. The molecule has 152 valence electrons. The highest BCUT2D eigenvalue weighted by Gasteiger charge is 2.28. The number of para-hydroxylation sites is 1. The van der Waals surface area contributed by atoms with Crippen LogP contribution in [0.3, 0.4) is 0 Å². The van der Waals surface area contributed by atoms with Crippen LogP contribution in [-0.4, -0.2) is 16.5 Å². The van der Waals surface area contributed by atoms with Gasteiger partial charge in [0.2, 0.25) is 5.91 Å². The number of fused-ring (bicyclic) bond motifs is 1. The van der Waals surface area contributed by atoms with Crippen molar-refractivity contribution in [3.05, 3.63) is 71.9 Å². The highest BCUT2D eigenvalue weighted by molar-refractivity contribution is 5.85. The Bertz CT molecular complexity index is 959. The summed E-state index contributed by atoms with van der Waals surface area (Å²) in [6.07, 6.45) is 7.20. The van der Waals surface area contributed by atoms with Gasteiger partial charge in [0.05, 0.1) is 0 Å². The van der Waals surface area contributed by atoms with E-state index < -0.39 is 0 Å². The summed E-state index contributed by atoms with van der Waals surface area (Å²) in [7, 11) is 0. The van der Waals surface area contributed by atoms with E-state index in [1.807, 2.05) is 0 Å². The number of carbonyl (C=O) groups excluding carboxylic acids is 1. The van der Waals surface area contributed by atoms with Gasteiger partial charge in [0.25, 0.3) is 0 Å². The van der Waals surface area contributed by atoms with Crippen LogP contribution in [0.5, 0.6) is 0 Å². The predicted octanol–water partition coefficient (Wildman–Crippen LogP) is 5.56. The van der Waals surface area contributed by atoms with E-state index in [1.165, 1.54) is 34.9 Å². The van der Waals surface area contributed by atoms with Crippen LogP contribution in [-0.2, 0) is 17.8 Å². The van der Waals surface area contributed by atoms with Gasteiger partial charge in [-0.1, -0.05) is 75.2 Å². The van der Waals surface area contributed by atoms with Gasteiger partial charge >= 0.3 is 0 Å². The fourth-order valence-electron chi connectivity index (χ4n) is 4.75. The second-order valence-corrected chi connectivity index (χ2v) is 8.73. The van der Waals surface area contributed by atoms with Crippen LogP contribution in [0, 0.1) is 11.8 Å². The van der Waals surface area contributed by atoms with E-state index in [0.29, 0.717) is 24.3 Å². The van der Waals surface area contributed by atoms with E-state index in [9.17, 15) is 4.79 Å². The molecule has 1 aliphatic carbocycles. The number of aromatic nitrogens is 1. The maximum absolute atomic E-state index is 12.7. The summed E-state index contributed by atoms with van der Waals surface area (Å²) in [5.41, 5.74) is 3.79. The Morgan fingerprint density at radius 1 is 1.03 bits per heavy atom. The van der Waals surface area contributed by atoms with Gasteiger partial charge in [0.1, 0.15) is 0 Å². The quantitative estimate of drug-likeness (QED) is 0.589. The summed E-state index contributed by atoms with van der Waals surface area (Å²) in [6.45, 7) is 5.45. The van der Waals surface area contributed by atoms with Crippen molar-refractivity contribution in [2.45, 2.75) is 58.5 Å². The second kappa shape index (κ2) is 8.86. The zero-order valence-electron chi connectivity index (χ0n) is 17.6. The molecule has 0 bridgehead atoms. The Hall–Kier alpha value is -2.55. The molecule has 3 nitrogen and oxygen atoms in total. The summed E-state index contributed by atoms with van der Waals surface area (Å²) < 4.78 is 2.31. The van der Waals surface area contributed by atoms with E-state index in [2.05, 4.69) is 84.5 Å². The summed E-state index contributed by atoms with van der Waals surface area (Å²) >= 11 is 0. The summed E-state index contributed by atoms with van der Waals surface area (Å²) in [5, 5.41) is 4.58. The molecule has 0 spiro atoms. The normalized spacial score (nSPS) is 21.9. The molecule has 1 aromatic heterocycles. The lowest BCUT2D eigenvalue weighted by molar-refractivity contribution is -0.122. The molecule has 0 aliphatic heterocycles. The minimum absolute atomic E-state index is 0.191. The maximum atomic E-state index is 12.7. The summed E-state index contributed by atoms with van der Waals surface area (Å²) in [4.78, 5) is 12.7. The highest BCUT2D eigenvalue weighted by Crippen LogP contribution is 2.29. The average molecular weight is 389 g/mol. The van der Waals surface area contributed by atoms with Gasteiger partial charge in [0.15, 0.2) is 0 Å². The molecule has 1 heterocycles. The molecule has 0 unspecified atom stereocenters. The van der Waals surface area contributed by atoms with Gasteiger partial charge in [-0.05, 0) is 41.9 Å². The van der Waals surface area contributed by atoms with Gasteiger partial charge < -0.3 is 9.88 Å². The molecule has 1 saturated carbocycles. The maximum Gasteiger partial charge on any atom is 0.220 e. The zero-order valence-corrected chi connectivity index (χ0v) is 17.6. The van der Waals surface area contributed by atoms with Crippen molar-refractivity contribution in [3.8, 4) is 0 Å². The van der Waals surface area contributed by atoms with Crippen molar-refractivity contribution in [1.82, 2.24) is 9.88 Å². The molecule has 2 aromatic carbocycles. The lowest BCUT2D eigenvalue weighted by Crippen LogP contribution is -2.43. The smallest absolute Gasteiger partial charge is 0.220 e. The monoisotopic (exact) mass is 388 g/mol. The third-order valence-electron chi connectivity index (χ3n) is 6.74. The molecule has 0 saturated heterocycles. The van der Waals surface area contributed by atoms with Gasteiger partial charge in [-0.15, -0.1) is 0 Å². The van der Waals surface area contributed by atoms with Crippen molar-refractivity contribution in [2.75, 3.05) is 0 Å². The average Bonchev–Trinajstić information content (AvgIpc) is 3.08. The molecule has 3 heteroatoms. The van der Waals surface area contributed by atoms with Crippen LogP contribution in [0.25, 0.3) is 10.9 Å². The Labute approximate surface area is 174 Å². The van der Waals surface area contributed by atoms with Crippen LogP contribution in [0.1, 0.15) is 50.7 Å². The molecule has 3 aromatic rings. The van der Waals surface area contributed by atoms with Crippen molar-refractivity contribution >= 4 is 16.8 Å².